The monoisotopic (exact) mass is 487 g/mol. The molecule has 0 saturated carbocycles. The van der Waals surface area contributed by atoms with Crippen molar-refractivity contribution in [3.05, 3.63) is 57.0 Å². The summed E-state index contributed by atoms with van der Waals surface area (Å²) in [6, 6.07) is 12.2. The number of anilines is 1. The molecule has 0 radical (unpaired) electrons. The number of aliphatic hydroxyl groups excluding tert-OH is 1. The van der Waals surface area contributed by atoms with Crippen LogP contribution in [0.3, 0.4) is 0 Å². The van der Waals surface area contributed by atoms with E-state index in [0.29, 0.717) is 20.2 Å². The highest BCUT2D eigenvalue weighted by Gasteiger charge is 2.30. The van der Waals surface area contributed by atoms with Gasteiger partial charge in [0.15, 0.2) is 6.10 Å². The predicted molar refractivity (Wildman–Crippen MR) is 105 cm³/mol. The number of amides is 1. The fraction of sp³-hybridized carbons (Fsp3) is 0.278. The number of ether oxygens (including phenoxy) is 2. The number of rotatable bonds is 7. The van der Waals surface area contributed by atoms with Crippen molar-refractivity contribution in [3.63, 3.8) is 0 Å². The van der Waals surface area contributed by atoms with E-state index < -0.39 is 18.3 Å². The minimum Gasteiger partial charge on any atom is -0.506 e. The first-order chi connectivity index (χ1) is 12.5. The van der Waals surface area contributed by atoms with Crippen LogP contribution in [0.25, 0.3) is 0 Å². The maximum Gasteiger partial charge on any atom is 0.412 e. The van der Waals surface area contributed by atoms with Gasteiger partial charge in [-0.2, -0.15) is 0 Å². The van der Waals surface area contributed by atoms with Gasteiger partial charge in [0.1, 0.15) is 11.9 Å². The van der Waals surface area contributed by atoms with Crippen LogP contribution in [0.5, 0.6) is 5.75 Å². The fourth-order valence-corrected chi connectivity index (χ4v) is 3.70. The first-order valence-electron chi connectivity index (χ1n) is 7.80. The van der Waals surface area contributed by atoms with Gasteiger partial charge in [0.05, 0.1) is 4.47 Å². The quantitative estimate of drug-likeness (QED) is 0.529. The van der Waals surface area contributed by atoms with Crippen LogP contribution in [-0.4, -0.2) is 36.1 Å². The van der Waals surface area contributed by atoms with Gasteiger partial charge in [-0.05, 0) is 40.2 Å². The molecule has 8 heteroatoms. The standard InChI is InChI=1S/C18H19Br2NO5/c1-25-15(7-8-22)17(13-9-11(19)10-14(20)16(13)23)26-18(24)21-12-5-3-2-4-6-12/h2-6,9-10,15,17,22-23H,7-8H2,1H3,(H,21,24)/t15-,17-/m1/s1. The molecule has 2 rings (SSSR count). The van der Waals surface area contributed by atoms with Gasteiger partial charge in [-0.3, -0.25) is 5.32 Å². The van der Waals surface area contributed by atoms with Crippen molar-refractivity contribution in [2.75, 3.05) is 19.0 Å². The Balaban J connectivity index is 2.31. The van der Waals surface area contributed by atoms with Crippen molar-refractivity contribution in [1.29, 1.82) is 0 Å². The third kappa shape index (κ3) is 5.44. The molecule has 3 N–H and O–H groups in total. The molecule has 6 nitrogen and oxygen atoms in total. The van der Waals surface area contributed by atoms with E-state index >= 15 is 0 Å². The number of benzene rings is 2. The molecule has 0 spiro atoms. The minimum atomic E-state index is -0.926. The van der Waals surface area contributed by atoms with E-state index in [-0.39, 0.29) is 18.8 Å². The van der Waals surface area contributed by atoms with Crippen LogP contribution in [-0.2, 0) is 9.47 Å². The number of nitrogens with one attached hydrogen (secondary N) is 1. The van der Waals surface area contributed by atoms with Crippen molar-refractivity contribution >= 4 is 43.6 Å². The summed E-state index contributed by atoms with van der Waals surface area (Å²) in [6.07, 6.45) is -2.04. The molecule has 0 aliphatic rings. The average Bonchev–Trinajstić information content (AvgIpc) is 2.62. The van der Waals surface area contributed by atoms with E-state index in [1.165, 1.54) is 7.11 Å². The molecule has 2 aromatic rings. The Morgan fingerprint density at radius 1 is 1.23 bits per heavy atom. The number of para-hydroxylation sites is 1. The van der Waals surface area contributed by atoms with Crippen LogP contribution >= 0.6 is 31.9 Å². The Morgan fingerprint density at radius 3 is 2.54 bits per heavy atom. The van der Waals surface area contributed by atoms with Crippen LogP contribution in [0.2, 0.25) is 0 Å². The number of phenolic OH excluding ortho intramolecular Hbond substituents is 1. The lowest BCUT2D eigenvalue weighted by atomic mass is 10.0. The molecule has 0 fully saturated rings. The van der Waals surface area contributed by atoms with Gasteiger partial charge in [-0.25, -0.2) is 4.79 Å². The van der Waals surface area contributed by atoms with E-state index in [1.54, 1.807) is 36.4 Å². The summed E-state index contributed by atoms with van der Waals surface area (Å²) in [7, 11) is 1.45. The summed E-state index contributed by atoms with van der Waals surface area (Å²) in [6.45, 7) is -0.158. The Bertz CT molecular complexity index is 742. The van der Waals surface area contributed by atoms with Crippen molar-refractivity contribution in [2.45, 2.75) is 18.6 Å². The lowest BCUT2D eigenvalue weighted by Gasteiger charge is -2.27. The van der Waals surface area contributed by atoms with Crippen molar-refractivity contribution in [3.8, 4) is 5.75 Å². The highest BCUT2D eigenvalue weighted by Crippen LogP contribution is 2.39. The van der Waals surface area contributed by atoms with Crippen LogP contribution in [0.1, 0.15) is 18.1 Å². The zero-order valence-electron chi connectivity index (χ0n) is 14.0. The molecule has 0 aliphatic heterocycles. The summed E-state index contributed by atoms with van der Waals surface area (Å²) >= 11 is 6.63. The maximum atomic E-state index is 12.3. The largest absolute Gasteiger partial charge is 0.506 e. The Morgan fingerprint density at radius 2 is 1.92 bits per heavy atom. The molecule has 0 unspecified atom stereocenters. The number of carbonyl (C=O) groups is 1. The zero-order chi connectivity index (χ0) is 19.1. The lowest BCUT2D eigenvalue weighted by Crippen LogP contribution is -2.29. The summed E-state index contributed by atoms with van der Waals surface area (Å²) in [5, 5.41) is 22.3. The number of hydrogen-bond donors (Lipinski definition) is 3. The van der Waals surface area contributed by atoms with Crippen LogP contribution in [0.4, 0.5) is 10.5 Å². The van der Waals surface area contributed by atoms with Gasteiger partial charge in [0, 0.05) is 35.9 Å². The highest BCUT2D eigenvalue weighted by molar-refractivity contribution is 9.11. The second-order valence-corrected chi connectivity index (χ2v) is 7.20. The number of methoxy groups -OCH3 is 1. The number of aliphatic hydroxyl groups is 1. The number of phenols is 1. The molecule has 2 atom stereocenters. The third-order valence-electron chi connectivity index (χ3n) is 3.67. The number of halogens is 2. The number of aromatic hydroxyl groups is 1. The number of carbonyl (C=O) groups excluding carboxylic acids is 1. The second kappa shape index (κ2) is 9.91. The van der Waals surface area contributed by atoms with Crippen LogP contribution < -0.4 is 5.32 Å². The maximum absolute atomic E-state index is 12.3. The Kier molecular flexibility index (Phi) is 7.89. The average molecular weight is 489 g/mol. The molecule has 140 valence electrons. The first kappa shape index (κ1) is 20.7. The topological polar surface area (TPSA) is 88.0 Å². The minimum absolute atomic E-state index is 0.0642. The van der Waals surface area contributed by atoms with Crippen LogP contribution in [0, 0.1) is 0 Å². The molecule has 1 amide bonds. The fourth-order valence-electron chi connectivity index (χ4n) is 2.45. The molecule has 0 saturated heterocycles. The Hall–Kier alpha value is -1.61. The van der Waals surface area contributed by atoms with Crippen molar-refractivity contribution in [2.24, 2.45) is 0 Å². The van der Waals surface area contributed by atoms with Gasteiger partial charge in [0.25, 0.3) is 0 Å². The van der Waals surface area contributed by atoms with Crippen molar-refractivity contribution < 1.29 is 24.5 Å². The lowest BCUT2D eigenvalue weighted by molar-refractivity contribution is -0.0314. The molecule has 26 heavy (non-hydrogen) atoms. The summed E-state index contributed by atoms with van der Waals surface area (Å²) in [5.74, 6) is -0.0642. The SMILES string of the molecule is CO[C@H](CCO)[C@H](OC(=O)Nc1ccccc1)c1cc(Br)cc(Br)c1O. The number of hydrogen-bond acceptors (Lipinski definition) is 5. The zero-order valence-corrected chi connectivity index (χ0v) is 17.2. The summed E-state index contributed by atoms with van der Waals surface area (Å²) in [4.78, 5) is 12.3. The molecular weight excluding hydrogens is 470 g/mol. The molecule has 0 aromatic heterocycles. The van der Waals surface area contributed by atoms with E-state index in [9.17, 15) is 15.0 Å². The molecule has 0 aliphatic carbocycles. The normalized spacial score (nSPS) is 13.1. The summed E-state index contributed by atoms with van der Waals surface area (Å²) < 4.78 is 12.1. The van der Waals surface area contributed by atoms with Crippen LogP contribution in [0.15, 0.2) is 51.4 Å². The molecule has 0 bridgehead atoms. The van der Waals surface area contributed by atoms with E-state index in [0.717, 1.165) is 0 Å². The third-order valence-corrected chi connectivity index (χ3v) is 4.73. The molecule has 2 aromatic carbocycles. The van der Waals surface area contributed by atoms with E-state index in [4.69, 9.17) is 9.47 Å². The highest BCUT2D eigenvalue weighted by atomic mass is 79.9. The predicted octanol–water partition coefficient (Wildman–Crippen LogP) is 4.60. The van der Waals surface area contributed by atoms with Gasteiger partial charge >= 0.3 is 6.09 Å². The first-order valence-corrected chi connectivity index (χ1v) is 9.39. The molecule has 0 heterocycles. The van der Waals surface area contributed by atoms with Gasteiger partial charge in [0.2, 0.25) is 0 Å². The van der Waals surface area contributed by atoms with Gasteiger partial charge in [-0.1, -0.05) is 34.1 Å². The molecular formula is C18H19Br2NO5. The van der Waals surface area contributed by atoms with Crippen molar-refractivity contribution in [1.82, 2.24) is 0 Å². The van der Waals surface area contributed by atoms with Gasteiger partial charge in [-0.15, -0.1) is 0 Å². The Labute approximate surface area is 168 Å². The smallest absolute Gasteiger partial charge is 0.412 e. The summed E-state index contributed by atoms with van der Waals surface area (Å²) in [5.41, 5.74) is 0.932. The van der Waals surface area contributed by atoms with E-state index in [1.807, 2.05) is 6.07 Å². The van der Waals surface area contributed by atoms with Gasteiger partial charge < -0.3 is 19.7 Å². The second-order valence-electron chi connectivity index (χ2n) is 5.43. The van der Waals surface area contributed by atoms with E-state index in [2.05, 4.69) is 37.2 Å².